The van der Waals surface area contributed by atoms with Crippen LogP contribution in [0.4, 0.5) is 4.79 Å². The van der Waals surface area contributed by atoms with Crippen molar-refractivity contribution in [2.45, 2.75) is 118 Å². The van der Waals surface area contributed by atoms with Gasteiger partial charge in [-0.05, 0) is 61.7 Å². The molecule has 5 N–H and O–H groups in total. The normalized spacial score (nSPS) is 24.7. The number of carbonyl (C=O) groups excluding carboxylic acids is 6. The molecule has 43 heavy (non-hydrogen) atoms. The van der Waals surface area contributed by atoms with Gasteiger partial charge in [0.15, 0.2) is 0 Å². The predicted molar refractivity (Wildman–Crippen MR) is 159 cm³/mol. The Labute approximate surface area is 255 Å². The van der Waals surface area contributed by atoms with E-state index in [-0.39, 0.29) is 29.1 Å². The van der Waals surface area contributed by atoms with Crippen LogP contribution < -0.4 is 21.7 Å². The van der Waals surface area contributed by atoms with Gasteiger partial charge < -0.3 is 31.3 Å². The molecular formula is C31H51N5O7. The van der Waals surface area contributed by atoms with Crippen LogP contribution in [0.1, 0.15) is 88.5 Å². The average molecular weight is 606 g/mol. The summed E-state index contributed by atoms with van der Waals surface area (Å²) in [5, 5.41) is 8.17. The van der Waals surface area contributed by atoms with Crippen molar-refractivity contribution in [1.29, 1.82) is 0 Å². The number of nitrogens with one attached hydrogen (secondary N) is 3. The van der Waals surface area contributed by atoms with E-state index in [1.165, 1.54) is 4.90 Å². The van der Waals surface area contributed by atoms with Crippen LogP contribution in [0, 0.1) is 34.5 Å². The predicted octanol–water partition coefficient (Wildman–Crippen LogP) is 1.89. The SMILES string of the molecule is CC(C)C(NC(=O)N[C@H](C(=O)N1C[C@H]2[C@@H]([C@H]1C(=O)NC(CC1CC1)C(=O)C(N)=O)C2(C)C)C(C)(C)C)C(=O)OC(C)(C)C. The van der Waals surface area contributed by atoms with Crippen molar-refractivity contribution in [3.05, 3.63) is 0 Å². The third kappa shape index (κ3) is 8.06. The van der Waals surface area contributed by atoms with Gasteiger partial charge in [-0.25, -0.2) is 9.59 Å². The van der Waals surface area contributed by atoms with Gasteiger partial charge in [-0.15, -0.1) is 0 Å². The molecule has 0 aromatic heterocycles. The standard InChI is InChI=1S/C31H51N5O7/c1-15(2)20(27(41)43-30(6,7)8)34-28(42)35-23(29(3,4)5)26(40)36-14-17-19(31(17,9)10)21(36)25(39)33-18(13-16-11-12-16)22(37)24(32)38/h15-21,23H,11-14H2,1-10H3,(H2,32,38)(H,33,39)(H2,34,35,42)/t17-,18?,19-,20?,21-,23+/m0/s1. The monoisotopic (exact) mass is 605 g/mol. The Hall–Kier alpha value is -3.18. The number of fused-ring (bicyclic) bond motifs is 1. The number of piperidine rings is 1. The summed E-state index contributed by atoms with van der Waals surface area (Å²) in [5.74, 6) is -3.61. The lowest BCUT2D eigenvalue weighted by atomic mass is 9.85. The second kappa shape index (κ2) is 12.1. The third-order valence-electron chi connectivity index (χ3n) is 8.90. The van der Waals surface area contributed by atoms with Crippen LogP contribution in [0.2, 0.25) is 0 Å². The summed E-state index contributed by atoms with van der Waals surface area (Å²) in [7, 11) is 0. The van der Waals surface area contributed by atoms with E-state index in [0.29, 0.717) is 13.0 Å². The molecule has 1 saturated heterocycles. The van der Waals surface area contributed by atoms with Gasteiger partial charge in [0, 0.05) is 6.54 Å². The van der Waals surface area contributed by atoms with Crippen LogP contribution in [0.15, 0.2) is 0 Å². The van der Waals surface area contributed by atoms with Gasteiger partial charge in [0.1, 0.15) is 23.7 Å². The van der Waals surface area contributed by atoms with Gasteiger partial charge in [0.25, 0.3) is 5.91 Å². The Morgan fingerprint density at radius 2 is 1.53 bits per heavy atom. The van der Waals surface area contributed by atoms with Crippen LogP contribution in [0.5, 0.6) is 0 Å². The summed E-state index contributed by atoms with van der Waals surface area (Å²) in [5.41, 5.74) is 3.58. The van der Waals surface area contributed by atoms with Crippen molar-refractivity contribution in [2.24, 2.45) is 40.2 Å². The first kappa shape index (κ1) is 34.3. The molecule has 1 aliphatic heterocycles. The number of nitrogens with zero attached hydrogens (tertiary/aromatic N) is 1. The number of nitrogens with two attached hydrogens (primary N) is 1. The number of amides is 5. The first-order valence-electron chi connectivity index (χ1n) is 15.3. The third-order valence-corrected chi connectivity index (χ3v) is 8.90. The van der Waals surface area contributed by atoms with Crippen LogP contribution >= 0.6 is 0 Å². The number of ketones is 1. The minimum atomic E-state index is -1.11. The first-order chi connectivity index (χ1) is 19.6. The zero-order valence-electron chi connectivity index (χ0n) is 27.3. The highest BCUT2D eigenvalue weighted by atomic mass is 16.6. The fraction of sp³-hybridized carbons (Fsp3) is 0.806. The Morgan fingerprint density at radius 1 is 0.953 bits per heavy atom. The summed E-state index contributed by atoms with van der Waals surface area (Å²) in [6, 6.07) is -4.61. The van der Waals surface area contributed by atoms with Crippen molar-refractivity contribution in [1.82, 2.24) is 20.9 Å². The second-order valence-electron chi connectivity index (χ2n) is 15.5. The maximum atomic E-state index is 14.1. The Morgan fingerprint density at radius 3 is 2.00 bits per heavy atom. The van der Waals surface area contributed by atoms with Crippen molar-refractivity contribution in [3.8, 4) is 0 Å². The number of primary amides is 1. The van der Waals surface area contributed by atoms with Gasteiger partial charge >= 0.3 is 12.0 Å². The van der Waals surface area contributed by atoms with Gasteiger partial charge in [0.05, 0.1) is 6.04 Å². The molecule has 12 nitrogen and oxygen atoms in total. The summed E-state index contributed by atoms with van der Waals surface area (Å²) in [6.45, 7) is 18.6. The second-order valence-corrected chi connectivity index (χ2v) is 15.5. The van der Waals surface area contributed by atoms with Crippen molar-refractivity contribution >= 4 is 35.5 Å². The summed E-state index contributed by atoms with van der Waals surface area (Å²) in [6.07, 6.45) is 2.15. The molecule has 1 heterocycles. The number of esters is 1. The molecular weight excluding hydrogens is 554 g/mol. The van der Waals surface area contributed by atoms with E-state index in [1.807, 2.05) is 13.8 Å². The minimum Gasteiger partial charge on any atom is -0.458 e. The van der Waals surface area contributed by atoms with Crippen molar-refractivity contribution < 1.29 is 33.5 Å². The molecule has 12 heteroatoms. The summed E-state index contributed by atoms with van der Waals surface area (Å²) >= 11 is 0. The molecule has 0 radical (unpaired) electrons. The van der Waals surface area contributed by atoms with Crippen molar-refractivity contribution in [2.75, 3.05) is 6.54 Å². The quantitative estimate of drug-likeness (QED) is 0.205. The number of hydrogen-bond donors (Lipinski definition) is 4. The van der Waals surface area contributed by atoms with E-state index < -0.39 is 70.7 Å². The van der Waals surface area contributed by atoms with E-state index in [4.69, 9.17) is 10.5 Å². The Bertz CT molecular complexity index is 1150. The summed E-state index contributed by atoms with van der Waals surface area (Å²) in [4.78, 5) is 79.7. The first-order valence-corrected chi connectivity index (χ1v) is 15.3. The lowest BCUT2D eigenvalue weighted by Crippen LogP contribution is -2.62. The fourth-order valence-electron chi connectivity index (χ4n) is 6.15. The van der Waals surface area contributed by atoms with E-state index in [9.17, 15) is 28.8 Å². The molecule has 5 amide bonds. The zero-order valence-corrected chi connectivity index (χ0v) is 27.3. The molecule has 242 valence electrons. The molecule has 6 atom stereocenters. The van der Waals surface area contributed by atoms with Crippen LogP contribution in [-0.2, 0) is 28.7 Å². The number of urea groups is 1. The van der Waals surface area contributed by atoms with Gasteiger partial charge in [-0.3, -0.25) is 19.2 Å². The van der Waals surface area contributed by atoms with Gasteiger partial charge in [0.2, 0.25) is 17.6 Å². The van der Waals surface area contributed by atoms with Crippen LogP contribution in [0.25, 0.3) is 0 Å². The molecule has 0 aromatic carbocycles. The molecule has 2 saturated carbocycles. The van der Waals surface area contributed by atoms with Crippen LogP contribution in [0.3, 0.4) is 0 Å². The maximum absolute atomic E-state index is 14.1. The van der Waals surface area contributed by atoms with Gasteiger partial charge in [-0.2, -0.15) is 0 Å². The topological polar surface area (TPSA) is 177 Å². The number of Topliss-reactive ketones (excluding diaryl/α,β-unsaturated/α-hetero) is 1. The van der Waals surface area contributed by atoms with E-state index in [2.05, 4.69) is 16.0 Å². The molecule has 0 aromatic rings. The molecule has 0 bridgehead atoms. The van der Waals surface area contributed by atoms with E-state index in [1.54, 1.807) is 55.4 Å². The number of carbonyl (C=O) groups is 6. The average Bonchev–Trinajstić information content (AvgIpc) is 3.69. The molecule has 3 rings (SSSR count). The largest absolute Gasteiger partial charge is 0.458 e. The Balaban J connectivity index is 1.81. The lowest BCUT2D eigenvalue weighted by Gasteiger charge is -2.38. The molecule has 2 aliphatic carbocycles. The minimum absolute atomic E-state index is 0.0628. The molecule has 3 aliphatic rings. The zero-order chi connectivity index (χ0) is 32.8. The highest BCUT2D eigenvalue weighted by Gasteiger charge is 2.70. The number of ether oxygens (including phenoxy) is 1. The smallest absolute Gasteiger partial charge is 0.329 e. The number of rotatable bonds is 11. The highest BCUT2D eigenvalue weighted by Crippen LogP contribution is 2.65. The summed E-state index contributed by atoms with van der Waals surface area (Å²) < 4.78 is 5.48. The van der Waals surface area contributed by atoms with E-state index in [0.717, 1.165) is 12.8 Å². The molecule has 0 spiro atoms. The number of hydrogen-bond acceptors (Lipinski definition) is 7. The van der Waals surface area contributed by atoms with E-state index >= 15 is 0 Å². The molecule has 3 fully saturated rings. The number of likely N-dealkylation sites (tertiary alicyclic amines) is 1. The van der Waals surface area contributed by atoms with Crippen molar-refractivity contribution in [3.63, 3.8) is 0 Å². The lowest BCUT2D eigenvalue weighted by molar-refractivity contribution is -0.158. The highest BCUT2D eigenvalue weighted by molar-refractivity contribution is 6.37. The molecule has 2 unspecified atom stereocenters. The van der Waals surface area contributed by atoms with Crippen LogP contribution in [-0.4, -0.2) is 76.7 Å². The van der Waals surface area contributed by atoms with Gasteiger partial charge in [-0.1, -0.05) is 61.3 Å². The Kier molecular flexibility index (Phi) is 9.63. The maximum Gasteiger partial charge on any atom is 0.329 e. The fourth-order valence-corrected chi connectivity index (χ4v) is 6.15.